The first-order chi connectivity index (χ1) is 11.6. The Morgan fingerprint density at radius 2 is 1.76 bits per heavy atom. The van der Waals surface area contributed by atoms with Crippen LogP contribution in [0.15, 0.2) is 48.5 Å². The van der Waals surface area contributed by atoms with Crippen molar-refractivity contribution in [2.75, 3.05) is 12.3 Å². The average Bonchev–Trinajstić information content (AvgIpc) is 2.99. The Morgan fingerprint density at radius 3 is 2.44 bits per heavy atom. The number of likely N-dealkylation sites (tertiary alicyclic amines) is 1. The molecule has 0 unspecified atom stereocenters. The molecule has 5 nitrogen and oxygen atoms in total. The second-order valence-electron chi connectivity index (χ2n) is 5.96. The van der Waals surface area contributed by atoms with Crippen LogP contribution in [0.25, 0.3) is 0 Å². The van der Waals surface area contributed by atoms with Crippen molar-refractivity contribution in [3.8, 4) is 0 Å². The molecule has 25 heavy (non-hydrogen) atoms. The van der Waals surface area contributed by atoms with Crippen LogP contribution in [0.1, 0.15) is 34.3 Å². The molecule has 0 aromatic heterocycles. The summed E-state index contributed by atoms with van der Waals surface area (Å²) in [6.45, 7) is 1.81. The van der Waals surface area contributed by atoms with Crippen molar-refractivity contribution in [3.05, 3.63) is 65.2 Å². The number of carbonyl (C=O) groups excluding carboxylic acids is 2. The summed E-state index contributed by atoms with van der Waals surface area (Å²) in [4.78, 5) is 26.0. The molecule has 0 radical (unpaired) electrons. The lowest BCUT2D eigenvalue weighted by Crippen LogP contribution is -2.27. The van der Waals surface area contributed by atoms with Crippen LogP contribution in [0.4, 0.5) is 5.69 Å². The van der Waals surface area contributed by atoms with Crippen LogP contribution >= 0.6 is 12.4 Å². The van der Waals surface area contributed by atoms with Crippen molar-refractivity contribution in [1.29, 1.82) is 0 Å². The quantitative estimate of drug-likeness (QED) is 0.806. The predicted molar refractivity (Wildman–Crippen MR) is 100 cm³/mol. The second kappa shape index (κ2) is 8.53. The maximum atomic E-state index is 12.3. The number of nitrogen functional groups attached to an aromatic ring is 1. The first-order valence-electron chi connectivity index (χ1n) is 8.12. The highest BCUT2D eigenvalue weighted by molar-refractivity contribution is 5.99. The molecule has 0 bridgehead atoms. The molecular formula is C19H22ClN3O2. The molecule has 0 saturated carbocycles. The van der Waals surface area contributed by atoms with E-state index in [9.17, 15) is 9.59 Å². The van der Waals surface area contributed by atoms with E-state index >= 15 is 0 Å². The summed E-state index contributed by atoms with van der Waals surface area (Å²) < 4.78 is 0. The van der Waals surface area contributed by atoms with Gasteiger partial charge in [0.1, 0.15) is 0 Å². The number of halogens is 1. The van der Waals surface area contributed by atoms with Crippen molar-refractivity contribution >= 4 is 29.9 Å². The third-order valence-corrected chi connectivity index (χ3v) is 4.30. The zero-order chi connectivity index (χ0) is 16.9. The molecule has 0 aliphatic carbocycles. The van der Waals surface area contributed by atoms with Crippen LogP contribution in [-0.4, -0.2) is 23.3 Å². The lowest BCUT2D eigenvalue weighted by molar-refractivity contribution is -0.128. The van der Waals surface area contributed by atoms with E-state index in [0.717, 1.165) is 24.1 Å². The first-order valence-corrected chi connectivity index (χ1v) is 8.12. The molecule has 0 atom stereocenters. The number of nitrogens with one attached hydrogen (secondary N) is 1. The second-order valence-corrected chi connectivity index (χ2v) is 5.96. The number of hydrogen-bond donors (Lipinski definition) is 2. The first kappa shape index (κ1) is 18.8. The number of rotatable bonds is 5. The van der Waals surface area contributed by atoms with Crippen molar-refractivity contribution in [1.82, 2.24) is 10.2 Å². The summed E-state index contributed by atoms with van der Waals surface area (Å²) in [7, 11) is 0. The van der Waals surface area contributed by atoms with Gasteiger partial charge in [-0.3, -0.25) is 9.59 Å². The van der Waals surface area contributed by atoms with Crippen LogP contribution < -0.4 is 11.1 Å². The fourth-order valence-corrected chi connectivity index (χ4v) is 2.94. The molecule has 2 amide bonds. The Hall–Kier alpha value is -2.53. The zero-order valence-electron chi connectivity index (χ0n) is 13.9. The van der Waals surface area contributed by atoms with E-state index in [1.165, 1.54) is 0 Å². The number of benzene rings is 2. The number of amides is 2. The smallest absolute Gasteiger partial charge is 0.253 e. The standard InChI is InChI=1S/C19H21N3O2.ClH/c20-17-9-4-3-8-16(17)19(24)21-12-14-6-1-2-7-15(14)13-22-11-5-10-18(22)23;/h1-4,6-9H,5,10-13,20H2,(H,21,24);1H. The Kier molecular flexibility index (Phi) is 6.42. The van der Waals surface area contributed by atoms with Gasteiger partial charge in [-0.15, -0.1) is 12.4 Å². The summed E-state index contributed by atoms with van der Waals surface area (Å²) in [5.41, 5.74) is 8.86. The molecule has 1 aliphatic heterocycles. The van der Waals surface area contributed by atoms with Gasteiger partial charge in [0.2, 0.25) is 5.91 Å². The maximum absolute atomic E-state index is 12.3. The maximum Gasteiger partial charge on any atom is 0.253 e. The Balaban J connectivity index is 0.00000225. The van der Waals surface area contributed by atoms with Gasteiger partial charge >= 0.3 is 0 Å². The molecule has 1 aliphatic rings. The van der Waals surface area contributed by atoms with Gasteiger partial charge in [-0.25, -0.2) is 0 Å². The van der Waals surface area contributed by atoms with Gasteiger partial charge in [-0.2, -0.15) is 0 Å². The minimum Gasteiger partial charge on any atom is -0.398 e. The Bertz CT molecular complexity index is 764. The van der Waals surface area contributed by atoms with Crippen LogP contribution in [0.3, 0.4) is 0 Å². The van der Waals surface area contributed by atoms with Gasteiger partial charge < -0.3 is 16.0 Å². The monoisotopic (exact) mass is 359 g/mol. The molecule has 0 spiro atoms. The summed E-state index contributed by atoms with van der Waals surface area (Å²) in [6, 6.07) is 14.9. The summed E-state index contributed by atoms with van der Waals surface area (Å²) >= 11 is 0. The minimum absolute atomic E-state index is 0. The van der Waals surface area contributed by atoms with E-state index in [2.05, 4.69) is 5.32 Å². The number of nitrogens with two attached hydrogens (primary N) is 1. The lowest BCUT2D eigenvalue weighted by Gasteiger charge is -2.18. The van der Waals surface area contributed by atoms with Gasteiger partial charge in [0.25, 0.3) is 5.91 Å². The van der Waals surface area contributed by atoms with Crippen molar-refractivity contribution in [3.63, 3.8) is 0 Å². The van der Waals surface area contributed by atoms with E-state index in [0.29, 0.717) is 30.8 Å². The van der Waals surface area contributed by atoms with Crippen LogP contribution in [-0.2, 0) is 17.9 Å². The molecule has 2 aromatic rings. The molecular weight excluding hydrogens is 338 g/mol. The number of carbonyl (C=O) groups is 2. The summed E-state index contributed by atoms with van der Waals surface area (Å²) in [5.74, 6) is 0.00560. The molecule has 132 valence electrons. The van der Waals surface area contributed by atoms with Crippen molar-refractivity contribution in [2.24, 2.45) is 0 Å². The van der Waals surface area contributed by atoms with E-state index in [1.807, 2.05) is 29.2 Å². The highest BCUT2D eigenvalue weighted by atomic mass is 35.5. The molecule has 1 saturated heterocycles. The predicted octanol–water partition coefficient (Wildman–Crippen LogP) is 2.74. The van der Waals surface area contributed by atoms with Crippen molar-refractivity contribution in [2.45, 2.75) is 25.9 Å². The van der Waals surface area contributed by atoms with Gasteiger partial charge in [0, 0.05) is 31.7 Å². The third-order valence-electron chi connectivity index (χ3n) is 4.30. The van der Waals surface area contributed by atoms with Crippen molar-refractivity contribution < 1.29 is 9.59 Å². The van der Waals surface area contributed by atoms with Gasteiger partial charge in [-0.05, 0) is 29.7 Å². The Morgan fingerprint density at radius 1 is 1.08 bits per heavy atom. The van der Waals surface area contributed by atoms with Crippen LogP contribution in [0, 0.1) is 0 Å². The van der Waals surface area contributed by atoms with Gasteiger partial charge in [0.05, 0.1) is 5.56 Å². The Labute approximate surface area is 153 Å². The number of anilines is 1. The molecule has 1 heterocycles. The van der Waals surface area contributed by atoms with Crippen LogP contribution in [0.2, 0.25) is 0 Å². The van der Waals surface area contributed by atoms with E-state index in [4.69, 9.17) is 5.73 Å². The largest absolute Gasteiger partial charge is 0.398 e. The highest BCUT2D eigenvalue weighted by Gasteiger charge is 2.21. The zero-order valence-corrected chi connectivity index (χ0v) is 14.7. The topological polar surface area (TPSA) is 75.4 Å². The minimum atomic E-state index is -0.194. The normalized spacial score (nSPS) is 13.4. The van der Waals surface area contributed by atoms with E-state index in [-0.39, 0.29) is 24.2 Å². The lowest BCUT2D eigenvalue weighted by atomic mass is 10.1. The number of hydrogen-bond acceptors (Lipinski definition) is 3. The third kappa shape index (κ3) is 4.51. The van der Waals surface area contributed by atoms with Gasteiger partial charge in [-0.1, -0.05) is 36.4 Å². The fourth-order valence-electron chi connectivity index (χ4n) is 2.94. The fraction of sp³-hybridized carbons (Fsp3) is 0.263. The molecule has 6 heteroatoms. The summed E-state index contributed by atoms with van der Waals surface area (Å²) in [5, 5.41) is 2.91. The summed E-state index contributed by atoms with van der Waals surface area (Å²) in [6.07, 6.45) is 1.55. The van der Waals surface area contributed by atoms with E-state index < -0.39 is 0 Å². The van der Waals surface area contributed by atoms with Crippen LogP contribution in [0.5, 0.6) is 0 Å². The molecule has 3 rings (SSSR count). The van der Waals surface area contributed by atoms with Gasteiger partial charge in [0.15, 0.2) is 0 Å². The van der Waals surface area contributed by atoms with E-state index in [1.54, 1.807) is 24.3 Å². The molecule has 2 aromatic carbocycles. The molecule has 1 fully saturated rings. The number of nitrogens with zero attached hydrogens (tertiary/aromatic N) is 1. The highest BCUT2D eigenvalue weighted by Crippen LogP contribution is 2.17. The SMILES string of the molecule is Cl.Nc1ccccc1C(=O)NCc1ccccc1CN1CCCC1=O. The average molecular weight is 360 g/mol. The molecule has 3 N–H and O–H groups in total. The number of para-hydroxylation sites is 1.